The van der Waals surface area contributed by atoms with Gasteiger partial charge in [-0.2, -0.15) is 0 Å². The maximum absolute atomic E-state index is 11.7. The number of anilines is 1. The molecule has 6 heteroatoms. The van der Waals surface area contributed by atoms with E-state index < -0.39 is 9.84 Å². The van der Waals surface area contributed by atoms with Crippen LogP contribution in [0.3, 0.4) is 0 Å². The van der Waals surface area contributed by atoms with Crippen LogP contribution in [0.2, 0.25) is 0 Å². The van der Waals surface area contributed by atoms with Crippen molar-refractivity contribution in [3.05, 3.63) is 42.2 Å². The number of nitrogens with zero attached hydrogens (tertiary/aromatic N) is 2. The molecule has 21 heavy (non-hydrogen) atoms. The first-order chi connectivity index (χ1) is 10.1. The highest BCUT2D eigenvalue weighted by Crippen LogP contribution is 2.29. The summed E-state index contributed by atoms with van der Waals surface area (Å²) in [7, 11) is -1.14. The van der Waals surface area contributed by atoms with Crippen LogP contribution in [0, 0.1) is 0 Å². The summed E-state index contributed by atoms with van der Waals surface area (Å²) in [5.41, 5.74) is 1.81. The van der Waals surface area contributed by atoms with E-state index in [0.29, 0.717) is 18.1 Å². The smallest absolute Gasteiger partial charge is 0.151 e. The molecule has 2 aromatic rings. The molecule has 1 aliphatic rings. The standard InChI is InChI=1S/C15H17N3O2S/c1-16-14-9-13(11-5-3-2-4-6-11)17-15(18-14)12-7-8-21(19,20)10-12/h2-6,9,12H,7-8,10H2,1H3,(H,16,17,18). The van der Waals surface area contributed by atoms with Gasteiger partial charge in [-0.15, -0.1) is 0 Å². The normalized spacial score (nSPS) is 20.3. The van der Waals surface area contributed by atoms with Crippen molar-refractivity contribution in [2.24, 2.45) is 0 Å². The van der Waals surface area contributed by atoms with E-state index in [4.69, 9.17) is 0 Å². The van der Waals surface area contributed by atoms with Gasteiger partial charge in [0.05, 0.1) is 17.2 Å². The van der Waals surface area contributed by atoms with Crippen molar-refractivity contribution in [1.82, 2.24) is 9.97 Å². The lowest BCUT2D eigenvalue weighted by Gasteiger charge is -2.11. The van der Waals surface area contributed by atoms with Crippen LogP contribution in [-0.2, 0) is 9.84 Å². The fourth-order valence-corrected chi connectivity index (χ4v) is 4.27. The third-order valence-corrected chi connectivity index (χ3v) is 5.43. The second-order valence-corrected chi connectivity index (χ2v) is 7.44. The SMILES string of the molecule is CNc1cc(-c2ccccc2)nc(C2CCS(=O)(=O)C2)n1. The van der Waals surface area contributed by atoms with Crippen LogP contribution in [0.5, 0.6) is 0 Å². The van der Waals surface area contributed by atoms with Gasteiger partial charge in [-0.25, -0.2) is 18.4 Å². The molecule has 1 N–H and O–H groups in total. The number of nitrogens with one attached hydrogen (secondary N) is 1. The van der Waals surface area contributed by atoms with Crippen LogP contribution >= 0.6 is 0 Å². The monoisotopic (exact) mass is 303 g/mol. The minimum atomic E-state index is -2.94. The summed E-state index contributed by atoms with van der Waals surface area (Å²) in [5.74, 6) is 1.59. The average Bonchev–Trinajstić information content (AvgIpc) is 2.88. The molecule has 1 saturated heterocycles. The van der Waals surface area contributed by atoms with Crippen LogP contribution in [0.4, 0.5) is 5.82 Å². The van der Waals surface area contributed by atoms with Crippen LogP contribution < -0.4 is 5.32 Å². The van der Waals surface area contributed by atoms with E-state index in [2.05, 4.69) is 15.3 Å². The van der Waals surface area contributed by atoms with E-state index in [1.165, 1.54) is 0 Å². The van der Waals surface area contributed by atoms with Gasteiger partial charge in [0.2, 0.25) is 0 Å². The van der Waals surface area contributed by atoms with Crippen LogP contribution in [0.15, 0.2) is 36.4 Å². The zero-order chi connectivity index (χ0) is 14.9. The van der Waals surface area contributed by atoms with Gasteiger partial charge in [-0.05, 0) is 6.42 Å². The number of aromatic nitrogens is 2. The van der Waals surface area contributed by atoms with E-state index in [1.54, 1.807) is 7.05 Å². The van der Waals surface area contributed by atoms with Crippen molar-refractivity contribution < 1.29 is 8.42 Å². The summed E-state index contributed by atoms with van der Waals surface area (Å²) in [4.78, 5) is 9.02. The van der Waals surface area contributed by atoms with Gasteiger partial charge < -0.3 is 5.32 Å². The molecule has 0 radical (unpaired) electrons. The van der Waals surface area contributed by atoms with E-state index in [0.717, 1.165) is 11.3 Å². The Morgan fingerprint density at radius 3 is 2.57 bits per heavy atom. The Labute approximate surface area is 124 Å². The van der Waals surface area contributed by atoms with Crippen molar-refractivity contribution in [3.63, 3.8) is 0 Å². The number of benzene rings is 1. The molecule has 1 fully saturated rings. The molecule has 1 aromatic heterocycles. The van der Waals surface area contributed by atoms with Crippen molar-refractivity contribution in [3.8, 4) is 11.3 Å². The molecule has 0 bridgehead atoms. The lowest BCUT2D eigenvalue weighted by Crippen LogP contribution is -2.09. The summed E-state index contributed by atoms with van der Waals surface area (Å²) in [6.07, 6.45) is 0.601. The Kier molecular flexibility index (Phi) is 3.63. The fraction of sp³-hybridized carbons (Fsp3) is 0.333. The molecule has 3 rings (SSSR count). The molecule has 0 amide bonds. The number of rotatable bonds is 3. The molecule has 0 spiro atoms. The molecule has 5 nitrogen and oxygen atoms in total. The zero-order valence-corrected chi connectivity index (χ0v) is 12.6. The van der Waals surface area contributed by atoms with Crippen molar-refractivity contribution in [1.29, 1.82) is 0 Å². The quantitative estimate of drug-likeness (QED) is 0.940. The van der Waals surface area contributed by atoms with Gasteiger partial charge in [0.25, 0.3) is 0 Å². The molecule has 1 aromatic carbocycles. The largest absolute Gasteiger partial charge is 0.373 e. The number of hydrogen-bond acceptors (Lipinski definition) is 5. The summed E-state index contributed by atoms with van der Waals surface area (Å²) in [6.45, 7) is 0. The average molecular weight is 303 g/mol. The highest BCUT2D eigenvalue weighted by Gasteiger charge is 2.31. The fourth-order valence-electron chi connectivity index (χ4n) is 2.53. The predicted molar refractivity (Wildman–Crippen MR) is 83.0 cm³/mol. The second-order valence-electron chi connectivity index (χ2n) is 5.21. The van der Waals surface area contributed by atoms with Crippen molar-refractivity contribution in [2.45, 2.75) is 12.3 Å². The molecule has 0 saturated carbocycles. The first kappa shape index (κ1) is 14.0. The first-order valence-electron chi connectivity index (χ1n) is 6.90. The molecule has 110 valence electrons. The Morgan fingerprint density at radius 1 is 1.19 bits per heavy atom. The highest BCUT2D eigenvalue weighted by molar-refractivity contribution is 7.91. The molecule has 2 heterocycles. The molecule has 1 aliphatic heterocycles. The van der Waals surface area contributed by atoms with Crippen LogP contribution in [0.1, 0.15) is 18.2 Å². The lowest BCUT2D eigenvalue weighted by atomic mass is 10.1. The van der Waals surface area contributed by atoms with Gasteiger partial charge in [0.15, 0.2) is 9.84 Å². The van der Waals surface area contributed by atoms with Crippen molar-refractivity contribution >= 4 is 15.7 Å². The lowest BCUT2D eigenvalue weighted by molar-refractivity contribution is 0.601. The van der Waals surface area contributed by atoms with Gasteiger partial charge in [0.1, 0.15) is 11.6 Å². The molecule has 1 atom stereocenters. The topological polar surface area (TPSA) is 72.0 Å². The van der Waals surface area contributed by atoms with Crippen LogP contribution in [-0.4, -0.2) is 36.9 Å². The van der Waals surface area contributed by atoms with E-state index in [-0.39, 0.29) is 17.4 Å². The van der Waals surface area contributed by atoms with Crippen molar-refractivity contribution in [2.75, 3.05) is 23.9 Å². The third-order valence-electron chi connectivity index (χ3n) is 3.67. The van der Waals surface area contributed by atoms with Gasteiger partial charge >= 0.3 is 0 Å². The third kappa shape index (κ3) is 3.05. The first-order valence-corrected chi connectivity index (χ1v) is 8.72. The molecule has 1 unspecified atom stereocenters. The highest BCUT2D eigenvalue weighted by atomic mass is 32.2. The summed E-state index contributed by atoms with van der Waals surface area (Å²) in [6, 6.07) is 11.7. The maximum atomic E-state index is 11.7. The Bertz CT molecular complexity index is 745. The molecule has 0 aliphatic carbocycles. The number of hydrogen-bond donors (Lipinski definition) is 1. The minimum Gasteiger partial charge on any atom is -0.373 e. The number of sulfone groups is 1. The van der Waals surface area contributed by atoms with Crippen LogP contribution in [0.25, 0.3) is 11.3 Å². The second kappa shape index (κ2) is 5.44. The summed E-state index contributed by atoms with van der Waals surface area (Å²) >= 11 is 0. The van der Waals surface area contributed by atoms with E-state index in [1.807, 2.05) is 36.4 Å². The summed E-state index contributed by atoms with van der Waals surface area (Å²) < 4.78 is 23.3. The van der Waals surface area contributed by atoms with Gasteiger partial charge in [-0.1, -0.05) is 30.3 Å². The van der Waals surface area contributed by atoms with E-state index in [9.17, 15) is 8.42 Å². The Hall–Kier alpha value is -1.95. The van der Waals surface area contributed by atoms with E-state index >= 15 is 0 Å². The molecular weight excluding hydrogens is 286 g/mol. The van der Waals surface area contributed by atoms with Gasteiger partial charge in [0, 0.05) is 24.6 Å². The maximum Gasteiger partial charge on any atom is 0.151 e. The zero-order valence-electron chi connectivity index (χ0n) is 11.8. The summed E-state index contributed by atoms with van der Waals surface area (Å²) in [5, 5.41) is 3.02. The minimum absolute atomic E-state index is 0.106. The Morgan fingerprint density at radius 2 is 1.95 bits per heavy atom. The molecular formula is C15H17N3O2S. The van der Waals surface area contributed by atoms with Gasteiger partial charge in [-0.3, -0.25) is 0 Å². The predicted octanol–water partition coefficient (Wildman–Crippen LogP) is 2.09. The Balaban J connectivity index is 2.02.